The molecule has 0 spiro atoms. The number of carbonyl (C=O) groups is 1. The number of aromatic nitrogens is 1. The minimum absolute atomic E-state index is 0.287. The molecule has 0 aliphatic rings. The fraction of sp³-hybridized carbons (Fsp3) is 0. The molecule has 3 nitrogen and oxygen atoms in total. The van der Waals surface area contributed by atoms with Crippen molar-refractivity contribution in [3.63, 3.8) is 0 Å². The first-order valence-corrected chi connectivity index (χ1v) is 4.02. The summed E-state index contributed by atoms with van der Waals surface area (Å²) >= 11 is 0. The number of hydrogen-bond donors (Lipinski definition) is 1. The molecule has 0 radical (unpaired) electrons. The van der Waals surface area contributed by atoms with Gasteiger partial charge in [-0.3, -0.25) is 9.78 Å². The molecule has 0 fully saturated rings. The van der Waals surface area contributed by atoms with Crippen LogP contribution in [0.5, 0.6) is 0 Å². The third kappa shape index (κ3) is 1.31. The Kier molecular flexibility index (Phi) is 1.89. The second-order valence-electron chi connectivity index (χ2n) is 2.88. The van der Waals surface area contributed by atoms with Crippen molar-refractivity contribution in [3.05, 3.63) is 41.8 Å². The van der Waals surface area contributed by atoms with E-state index in [4.69, 9.17) is 5.73 Å². The van der Waals surface area contributed by atoms with E-state index in [-0.39, 0.29) is 5.56 Å². The Morgan fingerprint density at radius 1 is 1.36 bits per heavy atom. The average Bonchev–Trinajstić information content (AvgIpc) is 2.16. The smallest absolute Gasteiger partial charge is 0.249 e. The number of halogens is 1. The van der Waals surface area contributed by atoms with Crippen molar-refractivity contribution in [2.45, 2.75) is 0 Å². The molecule has 0 unspecified atom stereocenters. The lowest BCUT2D eigenvalue weighted by atomic mass is 10.1. The molecule has 0 aliphatic heterocycles. The second kappa shape index (κ2) is 3.06. The monoisotopic (exact) mass is 190 g/mol. The molecular formula is C10H7FN2O. The maximum atomic E-state index is 12.9. The van der Waals surface area contributed by atoms with Gasteiger partial charge in [0.15, 0.2) is 0 Å². The first-order valence-electron chi connectivity index (χ1n) is 4.02. The lowest BCUT2D eigenvalue weighted by Crippen LogP contribution is -2.11. The minimum Gasteiger partial charge on any atom is -0.366 e. The van der Waals surface area contributed by atoms with Crippen LogP contribution in [-0.2, 0) is 0 Å². The Hall–Kier alpha value is -1.97. The van der Waals surface area contributed by atoms with Crippen LogP contribution in [0.3, 0.4) is 0 Å². The zero-order valence-corrected chi connectivity index (χ0v) is 7.20. The summed E-state index contributed by atoms with van der Waals surface area (Å²) in [5, 5.41) is 0.444. The maximum Gasteiger partial charge on any atom is 0.249 e. The molecule has 0 aliphatic carbocycles. The number of benzene rings is 1. The van der Waals surface area contributed by atoms with Crippen LogP contribution in [0, 0.1) is 5.82 Å². The van der Waals surface area contributed by atoms with Crippen molar-refractivity contribution < 1.29 is 9.18 Å². The Balaban J connectivity index is 2.84. The van der Waals surface area contributed by atoms with Crippen LogP contribution in [0.1, 0.15) is 10.4 Å². The van der Waals surface area contributed by atoms with E-state index >= 15 is 0 Å². The van der Waals surface area contributed by atoms with Gasteiger partial charge in [0.2, 0.25) is 5.91 Å². The molecule has 0 saturated heterocycles. The van der Waals surface area contributed by atoms with Gasteiger partial charge in [0, 0.05) is 11.6 Å². The molecule has 2 aromatic rings. The number of amides is 1. The summed E-state index contributed by atoms with van der Waals surface area (Å²) < 4.78 is 12.9. The molecule has 1 aromatic heterocycles. The molecule has 70 valence electrons. The molecular weight excluding hydrogens is 183 g/mol. The fourth-order valence-electron chi connectivity index (χ4n) is 1.33. The summed E-state index contributed by atoms with van der Waals surface area (Å²) in [5.41, 5.74) is 5.99. The van der Waals surface area contributed by atoms with Crippen LogP contribution in [0.15, 0.2) is 30.5 Å². The molecule has 1 amide bonds. The average molecular weight is 190 g/mol. The lowest BCUT2D eigenvalue weighted by molar-refractivity contribution is 0.100. The molecule has 0 bridgehead atoms. The molecule has 1 heterocycles. The minimum atomic E-state index is -0.581. The summed E-state index contributed by atoms with van der Waals surface area (Å²) in [4.78, 5) is 15.0. The van der Waals surface area contributed by atoms with E-state index in [2.05, 4.69) is 4.98 Å². The number of primary amides is 1. The molecule has 2 N–H and O–H groups in total. The van der Waals surface area contributed by atoms with Gasteiger partial charge in [-0.2, -0.15) is 0 Å². The quantitative estimate of drug-likeness (QED) is 0.740. The van der Waals surface area contributed by atoms with Gasteiger partial charge in [0.05, 0.1) is 11.1 Å². The second-order valence-corrected chi connectivity index (χ2v) is 2.88. The van der Waals surface area contributed by atoms with Crippen LogP contribution in [0.2, 0.25) is 0 Å². The zero-order chi connectivity index (χ0) is 10.1. The van der Waals surface area contributed by atoms with Crippen LogP contribution in [0.25, 0.3) is 10.9 Å². The van der Waals surface area contributed by atoms with E-state index in [1.165, 1.54) is 30.5 Å². The Bertz CT molecular complexity index is 510. The highest BCUT2D eigenvalue weighted by Gasteiger charge is 2.07. The third-order valence-corrected chi connectivity index (χ3v) is 1.97. The van der Waals surface area contributed by atoms with Crippen molar-refractivity contribution >= 4 is 16.8 Å². The molecule has 1 aromatic carbocycles. The predicted octanol–water partition coefficient (Wildman–Crippen LogP) is 1.47. The number of pyridine rings is 1. The SMILES string of the molecule is NC(=O)c1ccnc2ccc(F)cc12. The summed E-state index contributed by atoms with van der Waals surface area (Å²) in [6, 6.07) is 5.53. The fourth-order valence-corrected chi connectivity index (χ4v) is 1.33. The van der Waals surface area contributed by atoms with Gasteiger partial charge in [0.25, 0.3) is 0 Å². The number of rotatable bonds is 1. The largest absolute Gasteiger partial charge is 0.366 e. The molecule has 4 heteroatoms. The first-order chi connectivity index (χ1) is 6.68. The number of carbonyl (C=O) groups excluding carboxylic acids is 1. The topological polar surface area (TPSA) is 56.0 Å². The molecule has 2 rings (SSSR count). The standard InChI is InChI=1S/C10H7FN2O/c11-6-1-2-9-8(5-6)7(10(12)14)3-4-13-9/h1-5H,(H2,12,14). The normalized spacial score (nSPS) is 10.4. The Morgan fingerprint density at radius 2 is 2.14 bits per heavy atom. The highest BCUT2D eigenvalue weighted by Crippen LogP contribution is 2.17. The van der Waals surface area contributed by atoms with Gasteiger partial charge in [-0.05, 0) is 24.3 Å². The molecule has 0 atom stereocenters. The highest BCUT2D eigenvalue weighted by atomic mass is 19.1. The van der Waals surface area contributed by atoms with Crippen molar-refractivity contribution in [1.82, 2.24) is 4.98 Å². The van der Waals surface area contributed by atoms with Gasteiger partial charge in [0.1, 0.15) is 5.82 Å². The lowest BCUT2D eigenvalue weighted by Gasteiger charge is -2.01. The predicted molar refractivity (Wildman–Crippen MR) is 50.2 cm³/mol. The van der Waals surface area contributed by atoms with Gasteiger partial charge in [-0.1, -0.05) is 0 Å². The number of nitrogens with zero attached hydrogens (tertiary/aromatic N) is 1. The van der Waals surface area contributed by atoms with E-state index in [9.17, 15) is 9.18 Å². The van der Waals surface area contributed by atoms with Gasteiger partial charge < -0.3 is 5.73 Å². The van der Waals surface area contributed by atoms with Crippen LogP contribution in [-0.4, -0.2) is 10.9 Å². The number of hydrogen-bond acceptors (Lipinski definition) is 2. The molecule has 0 saturated carbocycles. The van der Waals surface area contributed by atoms with Gasteiger partial charge in [-0.15, -0.1) is 0 Å². The van der Waals surface area contributed by atoms with E-state index in [1.807, 2.05) is 0 Å². The molecule has 14 heavy (non-hydrogen) atoms. The van der Waals surface area contributed by atoms with Gasteiger partial charge in [-0.25, -0.2) is 4.39 Å². The summed E-state index contributed by atoms with van der Waals surface area (Å²) in [6.45, 7) is 0. The van der Waals surface area contributed by atoms with Crippen molar-refractivity contribution in [3.8, 4) is 0 Å². The van der Waals surface area contributed by atoms with E-state index < -0.39 is 11.7 Å². The van der Waals surface area contributed by atoms with Crippen LogP contribution < -0.4 is 5.73 Å². The Morgan fingerprint density at radius 3 is 2.86 bits per heavy atom. The first kappa shape index (κ1) is 8.62. The van der Waals surface area contributed by atoms with Crippen molar-refractivity contribution in [1.29, 1.82) is 0 Å². The third-order valence-electron chi connectivity index (χ3n) is 1.97. The Labute approximate surface area is 79.4 Å². The highest BCUT2D eigenvalue weighted by molar-refractivity contribution is 6.05. The van der Waals surface area contributed by atoms with Crippen LogP contribution in [0.4, 0.5) is 4.39 Å². The zero-order valence-electron chi connectivity index (χ0n) is 7.20. The maximum absolute atomic E-state index is 12.9. The number of fused-ring (bicyclic) bond motifs is 1. The van der Waals surface area contributed by atoms with E-state index in [1.54, 1.807) is 0 Å². The van der Waals surface area contributed by atoms with Gasteiger partial charge >= 0.3 is 0 Å². The summed E-state index contributed by atoms with van der Waals surface area (Å²) in [5.74, 6) is -0.990. The van der Waals surface area contributed by atoms with Crippen LogP contribution >= 0.6 is 0 Å². The summed E-state index contributed by atoms with van der Waals surface area (Å²) in [6.07, 6.45) is 1.47. The number of nitrogens with two attached hydrogens (primary N) is 1. The van der Waals surface area contributed by atoms with E-state index in [0.29, 0.717) is 10.9 Å². The van der Waals surface area contributed by atoms with Crippen molar-refractivity contribution in [2.24, 2.45) is 5.73 Å². The van der Waals surface area contributed by atoms with Crippen molar-refractivity contribution in [2.75, 3.05) is 0 Å². The van der Waals surface area contributed by atoms with E-state index in [0.717, 1.165) is 0 Å². The summed E-state index contributed by atoms with van der Waals surface area (Å²) in [7, 11) is 0.